The zero-order valence-corrected chi connectivity index (χ0v) is 18.5. The van der Waals surface area contributed by atoms with Crippen molar-refractivity contribution < 1.29 is 33.1 Å². The predicted octanol–water partition coefficient (Wildman–Crippen LogP) is 4.33. The summed E-state index contributed by atoms with van der Waals surface area (Å²) in [5.41, 5.74) is 1.24. The molecule has 1 aromatic heterocycles. The van der Waals surface area contributed by atoms with Gasteiger partial charge in [-0.3, -0.25) is 19.2 Å². The lowest BCUT2D eigenvalue weighted by Gasteiger charge is -2.08. The van der Waals surface area contributed by atoms with Crippen LogP contribution in [0.4, 0.5) is 5.69 Å². The Morgan fingerprint density at radius 3 is 2.41 bits per heavy atom. The van der Waals surface area contributed by atoms with Crippen LogP contribution in [0.25, 0.3) is 6.08 Å². The molecule has 0 aliphatic heterocycles. The van der Waals surface area contributed by atoms with Gasteiger partial charge in [0, 0.05) is 17.7 Å². The van der Waals surface area contributed by atoms with Crippen molar-refractivity contribution in [1.29, 1.82) is 0 Å². The van der Waals surface area contributed by atoms with Crippen LogP contribution in [-0.2, 0) is 14.3 Å². The van der Waals surface area contributed by atoms with E-state index in [1.54, 1.807) is 66.7 Å². The van der Waals surface area contributed by atoms with Crippen molar-refractivity contribution in [2.45, 2.75) is 12.8 Å². The molecule has 0 bridgehead atoms. The first-order valence-electron chi connectivity index (χ1n) is 10.4. The molecule has 0 radical (unpaired) electrons. The van der Waals surface area contributed by atoms with Crippen LogP contribution in [0.5, 0.6) is 5.75 Å². The molecule has 3 aromatic rings. The molecule has 34 heavy (non-hydrogen) atoms. The molecule has 0 fully saturated rings. The first-order valence-corrected chi connectivity index (χ1v) is 10.4. The molecule has 0 aliphatic rings. The van der Waals surface area contributed by atoms with E-state index in [0.717, 1.165) is 0 Å². The highest BCUT2D eigenvalue weighted by atomic mass is 16.5. The third-order valence-electron chi connectivity index (χ3n) is 4.72. The van der Waals surface area contributed by atoms with Crippen molar-refractivity contribution >= 4 is 35.2 Å². The van der Waals surface area contributed by atoms with E-state index in [1.165, 1.54) is 19.4 Å². The molecular formula is C26H23NO7. The van der Waals surface area contributed by atoms with Crippen molar-refractivity contribution in [3.05, 3.63) is 89.9 Å². The molecular weight excluding hydrogens is 438 g/mol. The van der Waals surface area contributed by atoms with Gasteiger partial charge >= 0.3 is 5.97 Å². The van der Waals surface area contributed by atoms with Gasteiger partial charge in [0.05, 0.1) is 25.4 Å². The average molecular weight is 461 g/mol. The highest BCUT2D eigenvalue weighted by molar-refractivity contribution is 6.07. The van der Waals surface area contributed by atoms with E-state index in [4.69, 9.17) is 13.9 Å². The maximum absolute atomic E-state index is 12.2. The van der Waals surface area contributed by atoms with Crippen LogP contribution >= 0.6 is 0 Å². The molecule has 3 rings (SSSR count). The minimum absolute atomic E-state index is 0.117. The van der Waals surface area contributed by atoms with Crippen LogP contribution in [0.1, 0.15) is 39.3 Å². The Kier molecular flexibility index (Phi) is 8.51. The largest absolute Gasteiger partial charge is 0.496 e. The van der Waals surface area contributed by atoms with Gasteiger partial charge in [0.2, 0.25) is 11.7 Å². The predicted molar refractivity (Wildman–Crippen MR) is 125 cm³/mol. The van der Waals surface area contributed by atoms with Crippen molar-refractivity contribution in [1.82, 2.24) is 0 Å². The van der Waals surface area contributed by atoms with Crippen LogP contribution in [0.15, 0.2) is 77.4 Å². The maximum atomic E-state index is 12.2. The smallest absolute Gasteiger partial charge is 0.306 e. The number of allylic oxidation sites excluding steroid dienone is 1. The maximum Gasteiger partial charge on any atom is 0.306 e. The molecule has 1 heterocycles. The second-order valence-electron chi connectivity index (χ2n) is 7.12. The first kappa shape index (κ1) is 24.2. The summed E-state index contributed by atoms with van der Waals surface area (Å²) in [6.45, 7) is -0.440. The van der Waals surface area contributed by atoms with Gasteiger partial charge in [-0.05, 0) is 60.7 Å². The molecule has 2 aromatic carbocycles. The van der Waals surface area contributed by atoms with E-state index in [0.29, 0.717) is 28.3 Å². The highest BCUT2D eigenvalue weighted by Gasteiger charge is 2.15. The van der Waals surface area contributed by atoms with Gasteiger partial charge in [0.1, 0.15) is 11.5 Å². The number of ether oxygens (including phenoxy) is 2. The number of esters is 1. The Balaban J connectivity index is 1.41. The van der Waals surface area contributed by atoms with E-state index in [9.17, 15) is 19.2 Å². The molecule has 1 amide bonds. The van der Waals surface area contributed by atoms with Gasteiger partial charge < -0.3 is 19.2 Å². The minimum atomic E-state index is -0.664. The van der Waals surface area contributed by atoms with Crippen LogP contribution in [0, 0.1) is 0 Å². The standard InChI is InChI=1S/C26H23NO7/c1-32-24-7-3-2-6-21(24)23(29)17-34-26(31)15-14-25(30)27-19-10-8-18(9-11-19)22(28)13-12-20-5-4-16-33-20/h2-13,16H,14-15,17H2,1H3,(H,27,30). The summed E-state index contributed by atoms with van der Waals surface area (Å²) >= 11 is 0. The number of anilines is 1. The summed E-state index contributed by atoms with van der Waals surface area (Å²) in [5, 5.41) is 2.65. The van der Waals surface area contributed by atoms with Crippen LogP contribution in [-0.4, -0.2) is 37.2 Å². The average Bonchev–Trinajstić information content (AvgIpc) is 3.38. The zero-order chi connectivity index (χ0) is 24.3. The Morgan fingerprint density at radius 1 is 0.941 bits per heavy atom. The lowest BCUT2D eigenvalue weighted by Crippen LogP contribution is -2.17. The Labute approximate surface area is 196 Å². The third kappa shape index (κ3) is 7.03. The number of amides is 1. The quantitative estimate of drug-likeness (QED) is 0.257. The van der Waals surface area contributed by atoms with Crippen molar-refractivity contribution in [3.8, 4) is 5.75 Å². The fraction of sp³-hybridized carbons (Fsp3) is 0.154. The van der Waals surface area contributed by atoms with Crippen LogP contribution < -0.4 is 10.1 Å². The highest BCUT2D eigenvalue weighted by Crippen LogP contribution is 2.18. The van der Waals surface area contributed by atoms with E-state index in [-0.39, 0.29) is 18.6 Å². The monoisotopic (exact) mass is 461 g/mol. The van der Waals surface area contributed by atoms with Gasteiger partial charge in [-0.2, -0.15) is 0 Å². The lowest BCUT2D eigenvalue weighted by atomic mass is 10.1. The molecule has 0 atom stereocenters. The summed E-state index contributed by atoms with van der Waals surface area (Å²) < 4.78 is 15.2. The summed E-state index contributed by atoms with van der Waals surface area (Å²) in [7, 11) is 1.45. The second-order valence-corrected chi connectivity index (χ2v) is 7.12. The molecule has 8 heteroatoms. The number of nitrogens with one attached hydrogen (secondary N) is 1. The summed E-state index contributed by atoms with van der Waals surface area (Å²) in [6.07, 6.45) is 4.19. The minimum Gasteiger partial charge on any atom is -0.496 e. The number of rotatable bonds is 11. The van der Waals surface area contributed by atoms with Gasteiger partial charge in [-0.15, -0.1) is 0 Å². The summed E-state index contributed by atoms with van der Waals surface area (Å²) in [4.78, 5) is 48.4. The number of carbonyl (C=O) groups is 4. The first-order chi connectivity index (χ1) is 16.5. The third-order valence-corrected chi connectivity index (χ3v) is 4.72. The number of hydrogen-bond donors (Lipinski definition) is 1. The van der Waals surface area contributed by atoms with E-state index < -0.39 is 24.3 Å². The van der Waals surface area contributed by atoms with Crippen LogP contribution in [0.2, 0.25) is 0 Å². The van der Waals surface area contributed by atoms with Crippen molar-refractivity contribution in [2.75, 3.05) is 19.0 Å². The summed E-state index contributed by atoms with van der Waals surface area (Å²) in [6, 6.07) is 16.4. The SMILES string of the molecule is COc1ccccc1C(=O)COC(=O)CCC(=O)Nc1ccc(C(=O)C=Cc2ccco2)cc1. The fourth-order valence-corrected chi connectivity index (χ4v) is 2.97. The molecule has 8 nitrogen and oxygen atoms in total. The lowest BCUT2D eigenvalue weighted by molar-refractivity contribution is -0.143. The van der Waals surface area contributed by atoms with Crippen LogP contribution in [0.3, 0.4) is 0 Å². The summed E-state index contributed by atoms with van der Waals surface area (Å²) in [5.74, 6) is -0.708. The Hall–Kier alpha value is -4.46. The number of methoxy groups -OCH3 is 1. The Bertz CT molecular complexity index is 1180. The van der Waals surface area contributed by atoms with E-state index in [2.05, 4.69) is 5.32 Å². The normalized spacial score (nSPS) is 10.6. The number of ketones is 2. The molecule has 0 saturated carbocycles. The molecule has 0 unspecified atom stereocenters. The number of para-hydroxylation sites is 1. The molecule has 1 N–H and O–H groups in total. The number of hydrogen-bond acceptors (Lipinski definition) is 7. The molecule has 174 valence electrons. The van der Waals surface area contributed by atoms with Gasteiger partial charge in [0.15, 0.2) is 12.4 Å². The van der Waals surface area contributed by atoms with E-state index >= 15 is 0 Å². The number of benzene rings is 2. The number of furan rings is 1. The van der Waals surface area contributed by atoms with Gasteiger partial charge in [-0.25, -0.2) is 0 Å². The Morgan fingerprint density at radius 2 is 1.71 bits per heavy atom. The van der Waals surface area contributed by atoms with Gasteiger partial charge in [0.25, 0.3) is 0 Å². The number of Topliss-reactive ketones (excluding diaryl/α,β-unsaturated/α-hetero) is 1. The van der Waals surface area contributed by atoms with Crippen molar-refractivity contribution in [3.63, 3.8) is 0 Å². The topological polar surface area (TPSA) is 112 Å². The second kappa shape index (κ2) is 12.0. The zero-order valence-electron chi connectivity index (χ0n) is 18.5. The van der Waals surface area contributed by atoms with Crippen molar-refractivity contribution in [2.24, 2.45) is 0 Å². The molecule has 0 spiro atoms. The molecule has 0 saturated heterocycles. The molecule has 0 aliphatic carbocycles. The number of carbonyl (C=O) groups excluding carboxylic acids is 4. The fourth-order valence-electron chi connectivity index (χ4n) is 2.97. The van der Waals surface area contributed by atoms with E-state index in [1.807, 2.05) is 0 Å². The van der Waals surface area contributed by atoms with Gasteiger partial charge in [-0.1, -0.05) is 12.1 Å².